The van der Waals surface area contributed by atoms with Gasteiger partial charge in [-0.2, -0.15) is 0 Å². The van der Waals surface area contributed by atoms with Gasteiger partial charge in [-0.25, -0.2) is 14.8 Å². The molecule has 0 radical (unpaired) electrons. The molecule has 8 heteroatoms. The predicted molar refractivity (Wildman–Crippen MR) is 115 cm³/mol. The lowest BCUT2D eigenvalue weighted by molar-refractivity contribution is -0.137. The van der Waals surface area contributed by atoms with Crippen LogP contribution in [0, 0.1) is 0 Å². The van der Waals surface area contributed by atoms with Crippen molar-refractivity contribution in [1.82, 2.24) is 15.0 Å². The molecule has 0 bridgehead atoms. The number of rotatable bonds is 9. The quantitative estimate of drug-likeness (QED) is 0.311. The minimum absolute atomic E-state index is 0.115. The SMILES string of the molecule is CCOC(=O)/C=C/c1cnc(Cl)nc1NCc1ccc(OCc2ccccn2)cc1. The Bertz CT molecular complexity index is 995. The molecule has 0 fully saturated rings. The van der Waals surface area contributed by atoms with Gasteiger partial charge in [-0.1, -0.05) is 18.2 Å². The lowest BCUT2D eigenvalue weighted by atomic mass is 10.2. The molecule has 30 heavy (non-hydrogen) atoms. The van der Waals surface area contributed by atoms with Crippen LogP contribution in [0.1, 0.15) is 23.7 Å². The van der Waals surface area contributed by atoms with E-state index in [0.29, 0.717) is 31.1 Å². The molecule has 0 aliphatic carbocycles. The van der Waals surface area contributed by atoms with Gasteiger partial charge in [0.25, 0.3) is 0 Å². The molecule has 2 heterocycles. The summed E-state index contributed by atoms with van der Waals surface area (Å²) < 4.78 is 10.6. The van der Waals surface area contributed by atoms with Crippen molar-refractivity contribution in [3.63, 3.8) is 0 Å². The van der Waals surface area contributed by atoms with Crippen molar-refractivity contribution in [2.45, 2.75) is 20.1 Å². The highest BCUT2D eigenvalue weighted by molar-refractivity contribution is 6.28. The van der Waals surface area contributed by atoms with Crippen molar-refractivity contribution in [2.75, 3.05) is 11.9 Å². The highest BCUT2D eigenvalue weighted by Crippen LogP contribution is 2.18. The van der Waals surface area contributed by atoms with Crippen molar-refractivity contribution in [3.05, 3.63) is 83.0 Å². The number of aromatic nitrogens is 3. The van der Waals surface area contributed by atoms with Crippen LogP contribution in [-0.2, 0) is 22.7 Å². The molecule has 1 N–H and O–H groups in total. The van der Waals surface area contributed by atoms with Gasteiger partial charge in [-0.05, 0) is 54.4 Å². The molecule has 0 unspecified atom stereocenters. The second kappa shape index (κ2) is 10.9. The van der Waals surface area contributed by atoms with E-state index >= 15 is 0 Å². The highest BCUT2D eigenvalue weighted by Gasteiger charge is 2.06. The molecule has 0 aliphatic heterocycles. The Morgan fingerprint density at radius 2 is 2.00 bits per heavy atom. The number of carbonyl (C=O) groups is 1. The van der Waals surface area contributed by atoms with E-state index in [1.807, 2.05) is 42.5 Å². The van der Waals surface area contributed by atoms with Gasteiger partial charge >= 0.3 is 5.97 Å². The molecule has 0 saturated carbocycles. The first-order valence-electron chi connectivity index (χ1n) is 9.37. The van der Waals surface area contributed by atoms with Crippen LogP contribution in [-0.4, -0.2) is 27.5 Å². The van der Waals surface area contributed by atoms with Crippen LogP contribution in [0.4, 0.5) is 5.82 Å². The summed E-state index contributed by atoms with van der Waals surface area (Å²) in [7, 11) is 0. The fourth-order valence-electron chi connectivity index (χ4n) is 2.51. The fraction of sp³-hybridized carbons (Fsp3) is 0.182. The van der Waals surface area contributed by atoms with Crippen LogP contribution in [0.2, 0.25) is 5.28 Å². The normalized spacial score (nSPS) is 10.7. The number of carbonyl (C=O) groups excluding carboxylic acids is 1. The summed E-state index contributed by atoms with van der Waals surface area (Å²) >= 11 is 5.92. The van der Waals surface area contributed by atoms with Crippen molar-refractivity contribution in [1.29, 1.82) is 0 Å². The molecule has 0 saturated heterocycles. The molecule has 0 amide bonds. The van der Waals surface area contributed by atoms with Gasteiger partial charge in [0.05, 0.1) is 12.3 Å². The third-order valence-corrected chi connectivity index (χ3v) is 4.15. The second-order valence-corrected chi connectivity index (χ2v) is 6.47. The van der Waals surface area contributed by atoms with Crippen molar-refractivity contribution in [3.8, 4) is 5.75 Å². The van der Waals surface area contributed by atoms with Gasteiger partial charge in [0.2, 0.25) is 5.28 Å². The molecule has 1 aromatic carbocycles. The number of halogens is 1. The van der Waals surface area contributed by atoms with Gasteiger partial charge in [-0.15, -0.1) is 0 Å². The van der Waals surface area contributed by atoms with E-state index < -0.39 is 5.97 Å². The van der Waals surface area contributed by atoms with Gasteiger partial charge < -0.3 is 14.8 Å². The third kappa shape index (κ3) is 6.56. The zero-order valence-corrected chi connectivity index (χ0v) is 17.2. The molecule has 0 spiro atoms. The third-order valence-electron chi connectivity index (χ3n) is 3.97. The summed E-state index contributed by atoms with van der Waals surface area (Å²) in [5.41, 5.74) is 2.52. The Hall–Kier alpha value is -3.45. The van der Waals surface area contributed by atoms with Crippen molar-refractivity contribution in [2.24, 2.45) is 0 Å². The maximum atomic E-state index is 11.5. The van der Waals surface area contributed by atoms with E-state index in [9.17, 15) is 4.79 Å². The first-order valence-corrected chi connectivity index (χ1v) is 9.74. The van der Waals surface area contributed by atoms with Gasteiger partial charge in [0, 0.05) is 30.6 Å². The lowest BCUT2D eigenvalue weighted by Crippen LogP contribution is -2.05. The Balaban J connectivity index is 1.59. The molecule has 0 atom stereocenters. The van der Waals surface area contributed by atoms with Crippen LogP contribution in [0.25, 0.3) is 6.08 Å². The maximum Gasteiger partial charge on any atom is 0.330 e. The molecule has 7 nitrogen and oxygen atoms in total. The predicted octanol–water partition coefficient (Wildman–Crippen LogP) is 4.29. The van der Waals surface area contributed by atoms with Gasteiger partial charge in [0.1, 0.15) is 18.2 Å². The molecule has 3 rings (SSSR count). The lowest BCUT2D eigenvalue weighted by Gasteiger charge is -2.10. The Labute approximate surface area is 179 Å². The summed E-state index contributed by atoms with van der Waals surface area (Å²) in [6, 6.07) is 13.4. The summed E-state index contributed by atoms with van der Waals surface area (Å²) in [5.74, 6) is 0.846. The summed E-state index contributed by atoms with van der Waals surface area (Å²) in [5, 5.41) is 3.33. The molecular weight excluding hydrogens is 404 g/mol. The number of hydrogen-bond donors (Lipinski definition) is 1. The average Bonchev–Trinajstić information content (AvgIpc) is 2.77. The second-order valence-electron chi connectivity index (χ2n) is 6.14. The summed E-state index contributed by atoms with van der Waals surface area (Å²) in [6.45, 7) is 2.98. The van der Waals surface area contributed by atoms with E-state index in [1.165, 1.54) is 6.08 Å². The van der Waals surface area contributed by atoms with Crippen LogP contribution < -0.4 is 10.1 Å². The summed E-state index contributed by atoms with van der Waals surface area (Å²) in [4.78, 5) is 23.9. The van der Waals surface area contributed by atoms with Crippen molar-refractivity contribution < 1.29 is 14.3 Å². The largest absolute Gasteiger partial charge is 0.487 e. The number of pyridine rings is 1. The van der Waals surface area contributed by atoms with Gasteiger partial charge in [-0.3, -0.25) is 4.98 Å². The minimum atomic E-state index is -0.431. The highest BCUT2D eigenvalue weighted by atomic mass is 35.5. The van der Waals surface area contributed by atoms with Crippen LogP contribution in [0.5, 0.6) is 5.75 Å². The number of anilines is 1. The number of benzene rings is 1. The summed E-state index contributed by atoms with van der Waals surface area (Å²) in [6.07, 6.45) is 6.20. The Morgan fingerprint density at radius 3 is 2.73 bits per heavy atom. The fourth-order valence-corrected chi connectivity index (χ4v) is 2.64. The number of nitrogens with one attached hydrogen (secondary N) is 1. The molecular formula is C22H21ClN4O3. The zero-order chi connectivity index (χ0) is 21.2. The molecule has 0 aliphatic rings. The maximum absolute atomic E-state index is 11.5. The first kappa shape index (κ1) is 21.3. The number of ether oxygens (including phenoxy) is 2. The molecule has 154 valence electrons. The van der Waals surface area contributed by atoms with E-state index in [4.69, 9.17) is 21.1 Å². The van der Waals surface area contributed by atoms with Crippen molar-refractivity contribution >= 4 is 29.5 Å². The van der Waals surface area contributed by atoms with Crippen LogP contribution >= 0.6 is 11.6 Å². The van der Waals surface area contributed by atoms with Gasteiger partial charge in [0.15, 0.2) is 0 Å². The monoisotopic (exact) mass is 424 g/mol. The van der Waals surface area contributed by atoms with E-state index in [0.717, 1.165) is 17.0 Å². The van der Waals surface area contributed by atoms with E-state index in [2.05, 4.69) is 20.3 Å². The van der Waals surface area contributed by atoms with Crippen LogP contribution in [0.15, 0.2) is 60.9 Å². The van der Waals surface area contributed by atoms with Crippen LogP contribution in [0.3, 0.4) is 0 Å². The molecule has 2 aromatic heterocycles. The Kier molecular flexibility index (Phi) is 7.74. The van der Waals surface area contributed by atoms with E-state index in [1.54, 1.807) is 25.4 Å². The Morgan fingerprint density at radius 1 is 1.17 bits per heavy atom. The standard InChI is InChI=1S/C22H21ClN4O3/c1-2-29-20(28)11-8-17-14-26-22(23)27-21(17)25-13-16-6-9-19(10-7-16)30-15-18-5-3-4-12-24-18/h3-12,14H,2,13,15H2,1H3,(H,25,26,27)/b11-8+. The topological polar surface area (TPSA) is 86.2 Å². The number of hydrogen-bond acceptors (Lipinski definition) is 7. The number of esters is 1. The zero-order valence-electron chi connectivity index (χ0n) is 16.4. The van der Waals surface area contributed by atoms with E-state index in [-0.39, 0.29) is 5.28 Å². The average molecular weight is 425 g/mol. The first-order chi connectivity index (χ1) is 14.6. The number of nitrogens with zero attached hydrogens (tertiary/aromatic N) is 3. The molecule has 3 aromatic rings. The smallest absolute Gasteiger partial charge is 0.330 e. The minimum Gasteiger partial charge on any atom is -0.487 e.